The second kappa shape index (κ2) is 6.69. The summed E-state index contributed by atoms with van der Waals surface area (Å²) < 4.78 is 30.1. The number of hydrogen-bond acceptors (Lipinski definition) is 5. The van der Waals surface area contributed by atoms with Crippen molar-refractivity contribution in [2.75, 3.05) is 39.0 Å². The summed E-state index contributed by atoms with van der Waals surface area (Å²) in [5, 5.41) is 0. The maximum atomic E-state index is 12.9. The standard InChI is InChI=1S/C18H27BrN2O5S/c1-27(24,25)21-4-2-20(3-5-21)15(22)11-26-16(23)17-7-13-6-14(8-17)10-18(19,9-13)12-17/h13-14H,2-12H2,1H3. The summed E-state index contributed by atoms with van der Waals surface area (Å²) in [5.41, 5.74) is -0.428. The van der Waals surface area contributed by atoms with E-state index in [-0.39, 0.29) is 35.9 Å². The Hall–Kier alpha value is -0.670. The van der Waals surface area contributed by atoms with E-state index in [1.54, 1.807) is 4.90 Å². The van der Waals surface area contributed by atoms with Gasteiger partial charge in [-0.3, -0.25) is 9.59 Å². The highest BCUT2D eigenvalue weighted by molar-refractivity contribution is 9.10. The molecule has 4 bridgehead atoms. The fourth-order valence-corrected chi connectivity index (χ4v) is 8.31. The van der Waals surface area contributed by atoms with Crippen molar-refractivity contribution in [2.24, 2.45) is 17.3 Å². The lowest BCUT2D eigenvalue weighted by Crippen LogP contribution is -2.56. The molecule has 0 N–H and O–H groups in total. The normalized spacial score (nSPS) is 38.8. The van der Waals surface area contributed by atoms with Crippen LogP contribution in [0.3, 0.4) is 0 Å². The number of rotatable bonds is 4. The molecule has 2 unspecified atom stereocenters. The minimum Gasteiger partial charge on any atom is -0.455 e. The van der Waals surface area contributed by atoms with Crippen molar-refractivity contribution in [1.82, 2.24) is 9.21 Å². The number of halogens is 1. The van der Waals surface area contributed by atoms with Gasteiger partial charge in [-0.15, -0.1) is 0 Å². The topological polar surface area (TPSA) is 84.0 Å². The Morgan fingerprint density at radius 2 is 1.67 bits per heavy atom. The molecule has 4 aliphatic carbocycles. The van der Waals surface area contributed by atoms with Crippen LogP contribution in [0.2, 0.25) is 0 Å². The van der Waals surface area contributed by atoms with Crippen LogP contribution < -0.4 is 0 Å². The molecule has 1 saturated heterocycles. The second-order valence-electron chi connectivity index (χ2n) is 9.01. The molecule has 0 aromatic rings. The highest BCUT2D eigenvalue weighted by Gasteiger charge is 2.60. The predicted octanol–water partition coefficient (Wildman–Crippen LogP) is 1.37. The number of sulfonamides is 1. The number of carbonyl (C=O) groups is 2. The van der Waals surface area contributed by atoms with Gasteiger partial charge >= 0.3 is 5.97 Å². The lowest BCUT2D eigenvalue weighted by Gasteiger charge is -2.58. The van der Waals surface area contributed by atoms with Crippen molar-refractivity contribution in [1.29, 1.82) is 0 Å². The van der Waals surface area contributed by atoms with Gasteiger partial charge in [0.1, 0.15) is 0 Å². The van der Waals surface area contributed by atoms with Crippen LogP contribution >= 0.6 is 15.9 Å². The average Bonchev–Trinajstić information content (AvgIpc) is 2.56. The van der Waals surface area contributed by atoms with Crippen molar-refractivity contribution >= 4 is 37.8 Å². The van der Waals surface area contributed by atoms with Crippen LogP contribution in [0, 0.1) is 17.3 Å². The third kappa shape index (κ3) is 3.79. The molecule has 5 aliphatic rings. The average molecular weight is 463 g/mol. The monoisotopic (exact) mass is 462 g/mol. The Morgan fingerprint density at radius 3 is 2.19 bits per heavy atom. The molecular formula is C18H27BrN2O5S. The zero-order valence-corrected chi connectivity index (χ0v) is 18.1. The quantitative estimate of drug-likeness (QED) is 0.465. The van der Waals surface area contributed by atoms with Crippen LogP contribution in [0.25, 0.3) is 0 Å². The van der Waals surface area contributed by atoms with Gasteiger partial charge in [-0.25, -0.2) is 8.42 Å². The van der Waals surface area contributed by atoms with Gasteiger partial charge < -0.3 is 9.64 Å². The van der Waals surface area contributed by atoms with E-state index in [0.29, 0.717) is 24.9 Å². The number of piperazine rings is 1. The summed E-state index contributed by atoms with van der Waals surface area (Å²) in [4.78, 5) is 26.9. The molecule has 5 fully saturated rings. The van der Waals surface area contributed by atoms with Gasteiger partial charge in [0.2, 0.25) is 10.0 Å². The van der Waals surface area contributed by atoms with E-state index in [4.69, 9.17) is 4.74 Å². The first-order chi connectivity index (χ1) is 12.6. The molecule has 9 heteroatoms. The number of amides is 1. The minimum atomic E-state index is -3.23. The van der Waals surface area contributed by atoms with Gasteiger partial charge in [-0.1, -0.05) is 15.9 Å². The molecule has 0 aromatic heterocycles. The van der Waals surface area contributed by atoms with Crippen molar-refractivity contribution in [3.63, 3.8) is 0 Å². The van der Waals surface area contributed by atoms with Crippen molar-refractivity contribution < 1.29 is 22.7 Å². The number of carbonyl (C=O) groups excluding carboxylic acids is 2. The Kier molecular flexibility index (Phi) is 4.87. The van der Waals surface area contributed by atoms with E-state index in [1.807, 2.05) is 0 Å². The van der Waals surface area contributed by atoms with Gasteiger partial charge in [0.25, 0.3) is 5.91 Å². The lowest BCUT2D eigenvalue weighted by molar-refractivity contribution is -0.172. The first-order valence-electron chi connectivity index (χ1n) is 9.68. The number of ether oxygens (including phenoxy) is 1. The van der Waals surface area contributed by atoms with Gasteiger partial charge in [0, 0.05) is 30.5 Å². The van der Waals surface area contributed by atoms with Crippen LogP contribution in [0.5, 0.6) is 0 Å². The lowest BCUT2D eigenvalue weighted by atomic mass is 9.49. The third-order valence-electron chi connectivity index (χ3n) is 6.81. The van der Waals surface area contributed by atoms with Crippen LogP contribution in [-0.2, 0) is 24.3 Å². The zero-order valence-electron chi connectivity index (χ0n) is 15.7. The number of alkyl halides is 1. The first-order valence-corrected chi connectivity index (χ1v) is 12.3. The van der Waals surface area contributed by atoms with E-state index < -0.39 is 15.4 Å². The summed E-state index contributed by atoms with van der Waals surface area (Å²) in [6, 6.07) is 0. The van der Waals surface area contributed by atoms with Crippen molar-refractivity contribution in [3.05, 3.63) is 0 Å². The van der Waals surface area contributed by atoms with Crippen LogP contribution in [-0.4, -0.2) is 72.9 Å². The van der Waals surface area contributed by atoms with Crippen molar-refractivity contribution in [2.45, 2.75) is 42.8 Å². The fourth-order valence-electron chi connectivity index (χ4n) is 6.03. The Bertz CT molecular complexity index is 733. The van der Waals surface area contributed by atoms with Crippen LogP contribution in [0.4, 0.5) is 0 Å². The van der Waals surface area contributed by atoms with E-state index in [2.05, 4.69) is 15.9 Å². The molecule has 1 heterocycles. The molecule has 1 aliphatic heterocycles. The maximum absolute atomic E-state index is 12.9. The fraction of sp³-hybridized carbons (Fsp3) is 0.889. The third-order valence-corrected chi connectivity index (χ3v) is 9.04. The Balaban J connectivity index is 1.32. The first kappa shape index (κ1) is 19.6. The van der Waals surface area contributed by atoms with Gasteiger partial charge in [-0.05, 0) is 50.4 Å². The SMILES string of the molecule is CS(=O)(=O)N1CCN(C(=O)COC(=O)C23CC4CC(CC(Br)(C4)C2)C3)CC1. The molecule has 0 spiro atoms. The summed E-state index contributed by atoms with van der Waals surface area (Å²) in [6.07, 6.45) is 7.26. The molecule has 152 valence electrons. The molecule has 0 aromatic carbocycles. The highest BCUT2D eigenvalue weighted by Crippen LogP contribution is 2.64. The maximum Gasteiger partial charge on any atom is 0.312 e. The summed E-state index contributed by atoms with van der Waals surface area (Å²) >= 11 is 3.89. The van der Waals surface area contributed by atoms with E-state index in [9.17, 15) is 18.0 Å². The van der Waals surface area contributed by atoms with E-state index in [0.717, 1.165) is 32.1 Å². The summed E-state index contributed by atoms with van der Waals surface area (Å²) in [6.45, 7) is 1.01. The molecule has 5 rings (SSSR count). The molecule has 4 saturated carbocycles. The van der Waals surface area contributed by atoms with E-state index >= 15 is 0 Å². The Morgan fingerprint density at radius 1 is 1.07 bits per heavy atom. The number of nitrogens with zero attached hydrogens (tertiary/aromatic N) is 2. The smallest absolute Gasteiger partial charge is 0.312 e. The molecule has 2 atom stereocenters. The Labute approximate surface area is 169 Å². The predicted molar refractivity (Wildman–Crippen MR) is 103 cm³/mol. The molecule has 7 nitrogen and oxygen atoms in total. The zero-order chi connectivity index (χ0) is 19.4. The molecular weight excluding hydrogens is 436 g/mol. The van der Waals surface area contributed by atoms with Gasteiger partial charge in [0.05, 0.1) is 11.7 Å². The van der Waals surface area contributed by atoms with Gasteiger partial charge in [0.15, 0.2) is 6.61 Å². The minimum absolute atomic E-state index is 0.0715. The number of esters is 1. The van der Waals surface area contributed by atoms with Crippen LogP contribution in [0.1, 0.15) is 38.5 Å². The molecule has 27 heavy (non-hydrogen) atoms. The van der Waals surface area contributed by atoms with Crippen LogP contribution in [0.15, 0.2) is 0 Å². The number of hydrogen-bond donors (Lipinski definition) is 0. The second-order valence-corrected chi connectivity index (χ2v) is 12.7. The molecule has 0 radical (unpaired) electrons. The van der Waals surface area contributed by atoms with Crippen molar-refractivity contribution in [3.8, 4) is 0 Å². The highest BCUT2D eigenvalue weighted by atomic mass is 79.9. The molecule has 1 amide bonds. The van der Waals surface area contributed by atoms with Gasteiger partial charge in [-0.2, -0.15) is 4.31 Å². The largest absolute Gasteiger partial charge is 0.455 e. The summed E-state index contributed by atoms with van der Waals surface area (Å²) in [5.74, 6) is 0.703. The summed E-state index contributed by atoms with van der Waals surface area (Å²) in [7, 11) is -3.23. The van der Waals surface area contributed by atoms with E-state index in [1.165, 1.54) is 17.0 Å².